The van der Waals surface area contributed by atoms with Crippen LogP contribution in [0.1, 0.15) is 24.8 Å². The minimum atomic E-state index is 0.104. The third kappa shape index (κ3) is 2.63. The maximum absolute atomic E-state index is 6.22. The fraction of sp³-hybridized carbons (Fsp3) is 0.667. The molecule has 3 nitrogen and oxygen atoms in total. The molecule has 2 heterocycles. The first-order valence-corrected chi connectivity index (χ1v) is 6.59. The highest BCUT2D eigenvalue weighted by Gasteiger charge is 2.31. The molecule has 1 aromatic rings. The van der Waals surface area contributed by atoms with Crippen molar-refractivity contribution >= 4 is 11.3 Å². The van der Waals surface area contributed by atoms with Gasteiger partial charge in [0.25, 0.3) is 0 Å². The van der Waals surface area contributed by atoms with Crippen molar-refractivity contribution in [3.8, 4) is 0 Å². The molecule has 1 saturated heterocycles. The van der Waals surface area contributed by atoms with Crippen LogP contribution in [-0.4, -0.2) is 36.7 Å². The summed E-state index contributed by atoms with van der Waals surface area (Å²) in [5, 5.41) is 2.08. The molecule has 0 radical (unpaired) electrons. The van der Waals surface area contributed by atoms with Gasteiger partial charge in [0.15, 0.2) is 0 Å². The van der Waals surface area contributed by atoms with Gasteiger partial charge in [0, 0.05) is 23.5 Å². The number of thiophene rings is 1. The van der Waals surface area contributed by atoms with E-state index in [1.807, 2.05) is 0 Å². The second kappa shape index (κ2) is 4.84. The van der Waals surface area contributed by atoms with Crippen LogP contribution in [0.15, 0.2) is 17.5 Å². The van der Waals surface area contributed by atoms with Gasteiger partial charge < -0.3 is 10.5 Å². The third-order valence-electron chi connectivity index (χ3n) is 3.14. The van der Waals surface area contributed by atoms with E-state index >= 15 is 0 Å². The summed E-state index contributed by atoms with van der Waals surface area (Å²) in [4.78, 5) is 3.70. The van der Waals surface area contributed by atoms with E-state index in [0.717, 1.165) is 26.3 Å². The summed E-state index contributed by atoms with van der Waals surface area (Å²) in [6.45, 7) is 7.94. The predicted octanol–water partition coefficient (Wildman–Crippen LogP) is 1.86. The summed E-state index contributed by atoms with van der Waals surface area (Å²) in [5.74, 6) is 0. The molecule has 16 heavy (non-hydrogen) atoms. The number of nitrogens with zero attached hydrogens (tertiary/aromatic N) is 1. The number of nitrogens with two attached hydrogens (primary N) is 1. The molecule has 1 fully saturated rings. The fourth-order valence-electron chi connectivity index (χ4n) is 2.06. The Kier molecular flexibility index (Phi) is 3.64. The van der Waals surface area contributed by atoms with Crippen LogP contribution in [0.4, 0.5) is 0 Å². The first-order valence-electron chi connectivity index (χ1n) is 5.71. The molecular weight excluding hydrogens is 220 g/mol. The van der Waals surface area contributed by atoms with Gasteiger partial charge in [0.05, 0.1) is 19.3 Å². The third-order valence-corrected chi connectivity index (χ3v) is 4.15. The minimum Gasteiger partial charge on any atom is -0.378 e. The zero-order valence-electron chi connectivity index (χ0n) is 9.98. The maximum atomic E-state index is 6.22. The Balaban J connectivity index is 1.98. The summed E-state index contributed by atoms with van der Waals surface area (Å²) in [5.41, 5.74) is 6.32. The lowest BCUT2D eigenvalue weighted by Crippen LogP contribution is -2.54. The largest absolute Gasteiger partial charge is 0.378 e. The van der Waals surface area contributed by atoms with E-state index in [4.69, 9.17) is 10.5 Å². The molecule has 0 amide bonds. The fourth-order valence-corrected chi connectivity index (χ4v) is 2.78. The van der Waals surface area contributed by atoms with Crippen LogP contribution in [0.2, 0.25) is 0 Å². The smallest absolute Gasteiger partial charge is 0.0645 e. The van der Waals surface area contributed by atoms with Gasteiger partial charge in [-0.1, -0.05) is 6.07 Å². The van der Waals surface area contributed by atoms with Gasteiger partial charge >= 0.3 is 0 Å². The van der Waals surface area contributed by atoms with Crippen LogP contribution in [0.3, 0.4) is 0 Å². The Morgan fingerprint density at radius 3 is 3.06 bits per heavy atom. The molecule has 0 saturated carbocycles. The molecule has 1 atom stereocenters. The molecule has 1 unspecified atom stereocenters. The van der Waals surface area contributed by atoms with E-state index in [1.54, 1.807) is 11.3 Å². The monoisotopic (exact) mass is 240 g/mol. The highest BCUT2D eigenvalue weighted by Crippen LogP contribution is 2.24. The molecule has 0 aromatic carbocycles. The average Bonchev–Trinajstić information content (AvgIpc) is 2.74. The van der Waals surface area contributed by atoms with Gasteiger partial charge in [-0.15, -0.1) is 11.3 Å². The molecule has 0 bridgehead atoms. The van der Waals surface area contributed by atoms with Gasteiger partial charge in [-0.3, -0.25) is 4.90 Å². The first-order chi connectivity index (χ1) is 7.59. The lowest BCUT2D eigenvalue weighted by atomic mass is 10.0. The van der Waals surface area contributed by atoms with Crippen molar-refractivity contribution in [3.05, 3.63) is 22.4 Å². The quantitative estimate of drug-likeness (QED) is 0.876. The number of rotatable bonds is 3. The van der Waals surface area contributed by atoms with Gasteiger partial charge in [0.1, 0.15) is 0 Å². The molecular formula is C12H20N2OS. The molecule has 2 rings (SSSR count). The van der Waals surface area contributed by atoms with Gasteiger partial charge in [-0.05, 0) is 25.3 Å². The van der Waals surface area contributed by atoms with Crippen molar-refractivity contribution in [1.82, 2.24) is 4.90 Å². The van der Waals surface area contributed by atoms with Gasteiger partial charge in [-0.2, -0.15) is 0 Å². The van der Waals surface area contributed by atoms with Crippen molar-refractivity contribution in [2.45, 2.75) is 25.4 Å². The average molecular weight is 240 g/mol. The normalized spacial score (nSPS) is 23.2. The molecule has 4 heteroatoms. The number of morpholine rings is 1. The Hall–Kier alpha value is -0.420. The Morgan fingerprint density at radius 2 is 2.44 bits per heavy atom. The summed E-state index contributed by atoms with van der Waals surface area (Å²) in [6.07, 6.45) is 0. The summed E-state index contributed by atoms with van der Waals surface area (Å²) < 4.78 is 5.51. The lowest BCUT2D eigenvalue weighted by molar-refractivity contribution is -0.0530. The van der Waals surface area contributed by atoms with E-state index < -0.39 is 0 Å². The zero-order chi connectivity index (χ0) is 11.6. The van der Waals surface area contributed by atoms with Crippen LogP contribution in [-0.2, 0) is 4.74 Å². The number of hydrogen-bond acceptors (Lipinski definition) is 4. The Bertz CT molecular complexity index is 324. The van der Waals surface area contributed by atoms with E-state index in [0.29, 0.717) is 0 Å². The van der Waals surface area contributed by atoms with Gasteiger partial charge in [0.2, 0.25) is 0 Å². The standard InChI is InChI=1S/C12H20N2OS/c1-12(2)9-15-6-5-14(12)8-10(13)11-4-3-7-16-11/h3-4,7,10H,5-6,8-9,13H2,1-2H3. The van der Waals surface area contributed by atoms with Crippen molar-refractivity contribution < 1.29 is 4.74 Å². The second-order valence-corrected chi connectivity index (χ2v) is 5.91. The Labute approximate surface area is 101 Å². The second-order valence-electron chi connectivity index (χ2n) is 4.93. The summed E-state index contributed by atoms with van der Waals surface area (Å²) in [6, 6.07) is 4.30. The van der Waals surface area contributed by atoms with Crippen LogP contribution < -0.4 is 5.73 Å². The predicted molar refractivity (Wildman–Crippen MR) is 67.7 cm³/mol. The zero-order valence-corrected chi connectivity index (χ0v) is 10.8. The Morgan fingerprint density at radius 1 is 1.62 bits per heavy atom. The van der Waals surface area contributed by atoms with Crippen molar-refractivity contribution in [3.63, 3.8) is 0 Å². The van der Waals surface area contributed by atoms with E-state index in [2.05, 4.69) is 36.3 Å². The number of ether oxygens (including phenoxy) is 1. The van der Waals surface area contributed by atoms with Crippen molar-refractivity contribution in [1.29, 1.82) is 0 Å². The molecule has 1 aromatic heterocycles. The SMILES string of the molecule is CC1(C)COCCN1CC(N)c1cccs1. The lowest BCUT2D eigenvalue weighted by Gasteiger charge is -2.43. The molecule has 1 aliphatic rings. The van der Waals surface area contributed by atoms with Crippen LogP contribution >= 0.6 is 11.3 Å². The van der Waals surface area contributed by atoms with E-state index in [1.165, 1.54) is 4.88 Å². The molecule has 90 valence electrons. The summed E-state index contributed by atoms with van der Waals surface area (Å²) >= 11 is 1.74. The topological polar surface area (TPSA) is 38.5 Å². The first kappa shape index (κ1) is 12.0. The van der Waals surface area contributed by atoms with E-state index in [-0.39, 0.29) is 11.6 Å². The van der Waals surface area contributed by atoms with Crippen LogP contribution in [0.25, 0.3) is 0 Å². The highest BCUT2D eigenvalue weighted by atomic mass is 32.1. The van der Waals surface area contributed by atoms with Crippen molar-refractivity contribution in [2.75, 3.05) is 26.3 Å². The molecule has 1 aliphatic heterocycles. The summed E-state index contributed by atoms with van der Waals surface area (Å²) in [7, 11) is 0. The molecule has 2 N–H and O–H groups in total. The minimum absolute atomic E-state index is 0.104. The number of hydrogen-bond donors (Lipinski definition) is 1. The van der Waals surface area contributed by atoms with E-state index in [9.17, 15) is 0 Å². The van der Waals surface area contributed by atoms with Gasteiger partial charge in [-0.25, -0.2) is 0 Å². The van der Waals surface area contributed by atoms with Crippen molar-refractivity contribution in [2.24, 2.45) is 5.73 Å². The van der Waals surface area contributed by atoms with Crippen LogP contribution in [0.5, 0.6) is 0 Å². The van der Waals surface area contributed by atoms with Crippen LogP contribution in [0, 0.1) is 0 Å². The molecule has 0 spiro atoms. The maximum Gasteiger partial charge on any atom is 0.0645 e. The highest BCUT2D eigenvalue weighted by molar-refractivity contribution is 7.10. The molecule has 0 aliphatic carbocycles.